The van der Waals surface area contributed by atoms with Crippen LogP contribution < -0.4 is 26.0 Å². The summed E-state index contributed by atoms with van der Waals surface area (Å²) in [5.41, 5.74) is 4.95. The number of nitrogens with zero attached hydrogens (tertiary/aromatic N) is 7. The Kier molecular flexibility index (Phi) is 9.26. The first-order valence-corrected chi connectivity index (χ1v) is 18.3. The average Bonchev–Trinajstić information content (AvgIpc) is 3.42. The maximum Gasteiger partial charge on any atom is 0.261 e. The Morgan fingerprint density at radius 1 is 1.06 bits per heavy atom. The van der Waals surface area contributed by atoms with Gasteiger partial charge >= 0.3 is 0 Å². The lowest BCUT2D eigenvalue weighted by Gasteiger charge is -2.62. The second kappa shape index (κ2) is 14.0. The SMILES string of the molecule is Cc1ccc(F)c(Oc2ccc3ncn(CC4CCN(C5CC6(C5)CN(c5cc7c(cc5F)c(NCCCNO)nn7C)C6)CC4)c(=O)c3c2)c1C#N. The second-order valence-electron chi connectivity index (χ2n) is 15.0. The fourth-order valence-corrected chi connectivity index (χ4v) is 8.53. The Bertz CT molecular complexity index is 2280. The highest BCUT2D eigenvalue weighted by molar-refractivity contribution is 5.93. The van der Waals surface area contributed by atoms with E-state index in [1.165, 1.54) is 12.1 Å². The van der Waals surface area contributed by atoms with Crippen molar-refractivity contribution in [2.75, 3.05) is 49.5 Å². The molecule has 0 radical (unpaired) electrons. The van der Waals surface area contributed by atoms with E-state index in [0.29, 0.717) is 66.0 Å². The lowest BCUT2D eigenvalue weighted by atomic mass is 9.60. The van der Waals surface area contributed by atoms with E-state index in [4.69, 9.17) is 9.94 Å². The topological polar surface area (TPSA) is 136 Å². The number of piperidine rings is 1. The quantitative estimate of drug-likeness (QED) is 0.115. The van der Waals surface area contributed by atoms with E-state index < -0.39 is 5.82 Å². The molecule has 53 heavy (non-hydrogen) atoms. The smallest absolute Gasteiger partial charge is 0.261 e. The number of nitrogens with one attached hydrogen (secondary N) is 2. The summed E-state index contributed by atoms with van der Waals surface area (Å²) < 4.78 is 39.2. The van der Waals surface area contributed by atoms with Crippen LogP contribution >= 0.6 is 0 Å². The van der Waals surface area contributed by atoms with Gasteiger partial charge in [0, 0.05) is 56.6 Å². The molecule has 0 bridgehead atoms. The Balaban J connectivity index is 0.848. The molecule has 3 aliphatic rings. The third-order valence-corrected chi connectivity index (χ3v) is 11.5. The monoisotopic (exact) mass is 723 g/mol. The zero-order valence-corrected chi connectivity index (χ0v) is 29.9. The zero-order chi connectivity index (χ0) is 36.9. The molecule has 12 nitrogen and oxygen atoms in total. The number of fused-ring (bicyclic) bond motifs is 2. The van der Waals surface area contributed by atoms with Gasteiger partial charge in [0.15, 0.2) is 17.4 Å². The third kappa shape index (κ3) is 6.58. The maximum absolute atomic E-state index is 15.4. The number of anilines is 2. The van der Waals surface area contributed by atoms with Crippen molar-refractivity contribution in [3.63, 3.8) is 0 Å². The molecule has 3 fully saturated rings. The predicted molar refractivity (Wildman–Crippen MR) is 197 cm³/mol. The third-order valence-electron chi connectivity index (χ3n) is 11.5. The van der Waals surface area contributed by atoms with Crippen LogP contribution in [0.3, 0.4) is 0 Å². The molecule has 14 heteroatoms. The van der Waals surface area contributed by atoms with Crippen LogP contribution in [-0.4, -0.2) is 74.7 Å². The minimum Gasteiger partial charge on any atom is -0.453 e. The standard InChI is InChI=1S/C39H43F2N9O3/c1-24-4-6-31(40)36(30(24)19-42)53-27-5-7-33-28(14-27)38(51)49(23-44-33)20-25-8-12-48(13-9-25)26-17-39(18-26)21-50(22-39)35-16-34-29(15-32(35)41)37(46-47(34)2)43-10-3-11-45-52/h4-7,14-16,23,25-26,45,52H,3,8-13,17-18,20-22H2,1-2H3,(H,43,46). The van der Waals surface area contributed by atoms with Crippen LogP contribution in [0.25, 0.3) is 21.8 Å². The van der Waals surface area contributed by atoms with Gasteiger partial charge in [0.25, 0.3) is 5.56 Å². The number of hydroxylamine groups is 1. The molecule has 8 rings (SSSR count). The molecule has 276 valence electrons. The fourth-order valence-electron chi connectivity index (χ4n) is 8.53. The van der Waals surface area contributed by atoms with E-state index >= 15 is 4.39 Å². The molecule has 3 N–H and O–H groups in total. The Hall–Kier alpha value is -5.10. The summed E-state index contributed by atoms with van der Waals surface area (Å²) in [6.45, 7) is 7.02. The molecule has 4 heterocycles. The minimum atomic E-state index is -0.642. The van der Waals surface area contributed by atoms with Crippen LogP contribution in [-0.2, 0) is 13.6 Å². The lowest BCUT2D eigenvalue weighted by Crippen LogP contribution is -2.67. The van der Waals surface area contributed by atoms with Gasteiger partial charge in [0.1, 0.15) is 23.2 Å². The van der Waals surface area contributed by atoms with Crippen molar-refractivity contribution in [1.82, 2.24) is 29.7 Å². The van der Waals surface area contributed by atoms with Gasteiger partial charge in [-0.05, 0) is 100.0 Å². The van der Waals surface area contributed by atoms with Gasteiger partial charge in [-0.25, -0.2) is 19.2 Å². The summed E-state index contributed by atoms with van der Waals surface area (Å²) in [5.74, 6) is 0.220. The van der Waals surface area contributed by atoms with E-state index in [-0.39, 0.29) is 33.9 Å². The molecule has 1 aliphatic carbocycles. The van der Waals surface area contributed by atoms with E-state index in [2.05, 4.69) is 30.7 Å². The van der Waals surface area contributed by atoms with Crippen LogP contribution in [0.15, 0.2) is 53.6 Å². The second-order valence-corrected chi connectivity index (χ2v) is 15.0. The van der Waals surface area contributed by atoms with Gasteiger partial charge in [0.05, 0.1) is 28.4 Å². The number of benzene rings is 3. The van der Waals surface area contributed by atoms with Crippen LogP contribution in [0.2, 0.25) is 0 Å². The highest BCUT2D eigenvalue weighted by Gasteiger charge is 2.54. The molecule has 1 saturated carbocycles. The molecule has 0 amide bonds. The number of rotatable bonds is 11. The number of likely N-dealkylation sites (tertiary alicyclic amines) is 1. The van der Waals surface area contributed by atoms with Gasteiger partial charge in [-0.3, -0.25) is 14.0 Å². The Morgan fingerprint density at radius 3 is 2.60 bits per heavy atom. The van der Waals surface area contributed by atoms with Gasteiger partial charge in [-0.15, -0.1) is 0 Å². The van der Waals surface area contributed by atoms with Crippen LogP contribution in [0.1, 0.15) is 43.2 Å². The largest absolute Gasteiger partial charge is 0.453 e. The molecule has 2 saturated heterocycles. The molecular formula is C39H43F2N9O3. The van der Waals surface area contributed by atoms with E-state index in [9.17, 15) is 14.4 Å². The number of hydrogen-bond acceptors (Lipinski definition) is 10. The average molecular weight is 724 g/mol. The molecule has 0 unspecified atom stereocenters. The van der Waals surface area contributed by atoms with Gasteiger partial charge in [-0.2, -0.15) is 10.4 Å². The minimum absolute atomic E-state index is 0.120. The van der Waals surface area contributed by atoms with E-state index in [1.54, 1.807) is 46.8 Å². The van der Waals surface area contributed by atoms with Crippen molar-refractivity contribution in [2.24, 2.45) is 18.4 Å². The number of hydrogen-bond donors (Lipinski definition) is 3. The Labute approximate surface area is 305 Å². The maximum atomic E-state index is 15.4. The Morgan fingerprint density at radius 2 is 1.85 bits per heavy atom. The first-order valence-electron chi connectivity index (χ1n) is 18.3. The molecule has 2 aromatic heterocycles. The summed E-state index contributed by atoms with van der Waals surface area (Å²) >= 11 is 0. The molecule has 2 aliphatic heterocycles. The normalized spacial score (nSPS) is 17.6. The van der Waals surface area contributed by atoms with Crippen LogP contribution in [0, 0.1) is 41.2 Å². The highest BCUT2D eigenvalue weighted by atomic mass is 19.1. The van der Waals surface area contributed by atoms with E-state index in [0.717, 1.165) is 62.8 Å². The van der Waals surface area contributed by atoms with Crippen molar-refractivity contribution in [1.29, 1.82) is 5.26 Å². The summed E-state index contributed by atoms with van der Waals surface area (Å²) in [4.78, 5) is 22.8. The zero-order valence-electron chi connectivity index (χ0n) is 29.9. The number of aryl methyl sites for hydroxylation is 2. The molecule has 1 spiro atoms. The van der Waals surface area contributed by atoms with Gasteiger partial charge in [0.2, 0.25) is 0 Å². The van der Waals surface area contributed by atoms with Crippen molar-refractivity contribution in [3.8, 4) is 17.6 Å². The molecular weight excluding hydrogens is 680 g/mol. The first-order chi connectivity index (χ1) is 25.6. The highest BCUT2D eigenvalue weighted by Crippen LogP contribution is 2.52. The number of halogens is 2. The summed E-state index contributed by atoms with van der Waals surface area (Å²) in [6, 6.07) is 13.7. The predicted octanol–water partition coefficient (Wildman–Crippen LogP) is 5.70. The van der Waals surface area contributed by atoms with Gasteiger partial charge in [-0.1, -0.05) is 6.07 Å². The molecule has 3 aromatic carbocycles. The van der Waals surface area contributed by atoms with Crippen molar-refractivity contribution in [2.45, 2.75) is 51.6 Å². The summed E-state index contributed by atoms with van der Waals surface area (Å²) in [5, 5.41) is 27.3. The van der Waals surface area contributed by atoms with Crippen LogP contribution in [0.4, 0.5) is 20.3 Å². The van der Waals surface area contributed by atoms with Crippen molar-refractivity contribution >= 4 is 33.3 Å². The first kappa shape index (κ1) is 35.0. The van der Waals surface area contributed by atoms with Crippen LogP contribution in [0.5, 0.6) is 11.5 Å². The van der Waals surface area contributed by atoms with Gasteiger partial charge < -0.3 is 25.1 Å². The number of aromatic nitrogens is 4. The number of nitriles is 1. The van der Waals surface area contributed by atoms with Crippen molar-refractivity contribution < 1.29 is 18.7 Å². The number of ether oxygens (including phenoxy) is 1. The summed E-state index contributed by atoms with van der Waals surface area (Å²) in [6.07, 6.45) is 6.51. The molecule has 0 atom stereocenters. The summed E-state index contributed by atoms with van der Waals surface area (Å²) in [7, 11) is 1.87. The van der Waals surface area contributed by atoms with Crippen molar-refractivity contribution in [3.05, 3.63) is 81.9 Å². The molecule has 5 aromatic rings. The fraction of sp³-hybridized carbons (Fsp3) is 0.436. The van der Waals surface area contributed by atoms with E-state index in [1.807, 2.05) is 19.2 Å². The lowest BCUT2D eigenvalue weighted by molar-refractivity contribution is -0.0331.